The molecule has 2 aromatic heterocycles. The number of aromatic nitrogens is 2. The first-order valence-electron chi connectivity index (χ1n) is 4.42. The van der Waals surface area contributed by atoms with E-state index in [4.69, 9.17) is 4.74 Å². The van der Waals surface area contributed by atoms with Gasteiger partial charge in [-0.05, 0) is 19.1 Å². The van der Waals surface area contributed by atoms with Gasteiger partial charge in [0.1, 0.15) is 5.65 Å². The molecule has 0 aliphatic heterocycles. The van der Waals surface area contributed by atoms with Crippen molar-refractivity contribution in [3.8, 4) is 0 Å². The van der Waals surface area contributed by atoms with Gasteiger partial charge in [0.05, 0.1) is 12.2 Å². The molecule has 0 bridgehead atoms. The van der Waals surface area contributed by atoms with E-state index in [9.17, 15) is 4.79 Å². The van der Waals surface area contributed by atoms with E-state index in [-0.39, 0.29) is 5.97 Å². The Morgan fingerprint density at radius 1 is 1.64 bits per heavy atom. The number of nitrogens with one attached hydrogen (secondary N) is 1. The Bertz CT molecular complexity index is 462. The van der Waals surface area contributed by atoms with Gasteiger partial charge in [-0.3, -0.25) is 0 Å². The van der Waals surface area contributed by atoms with Gasteiger partial charge in [0, 0.05) is 17.8 Å². The first kappa shape index (κ1) is 8.74. The molecule has 14 heavy (non-hydrogen) atoms. The molecule has 4 heteroatoms. The summed E-state index contributed by atoms with van der Waals surface area (Å²) in [6.45, 7) is 2.16. The van der Waals surface area contributed by atoms with Gasteiger partial charge in [-0.25, -0.2) is 9.78 Å². The lowest BCUT2D eigenvalue weighted by Gasteiger charge is -1.98. The molecule has 0 unspecified atom stereocenters. The number of hydrogen-bond donors (Lipinski definition) is 1. The number of aromatic amines is 1. The molecule has 2 aromatic rings. The van der Waals surface area contributed by atoms with Gasteiger partial charge in [-0.1, -0.05) is 0 Å². The van der Waals surface area contributed by atoms with Crippen LogP contribution in [-0.4, -0.2) is 22.5 Å². The van der Waals surface area contributed by atoms with Gasteiger partial charge in [0.2, 0.25) is 0 Å². The topological polar surface area (TPSA) is 55.0 Å². The minimum Gasteiger partial charge on any atom is -0.462 e. The molecule has 0 amide bonds. The normalized spacial score (nSPS) is 10.4. The number of hydrogen-bond acceptors (Lipinski definition) is 3. The number of pyridine rings is 1. The number of carbonyl (C=O) groups is 1. The zero-order valence-corrected chi connectivity index (χ0v) is 7.78. The lowest BCUT2D eigenvalue weighted by molar-refractivity contribution is 0.0529. The summed E-state index contributed by atoms with van der Waals surface area (Å²) >= 11 is 0. The lowest BCUT2D eigenvalue weighted by Crippen LogP contribution is -2.03. The summed E-state index contributed by atoms with van der Waals surface area (Å²) in [7, 11) is 0. The van der Waals surface area contributed by atoms with Crippen LogP contribution in [0.3, 0.4) is 0 Å². The highest BCUT2D eigenvalue weighted by Gasteiger charge is 2.12. The zero-order valence-electron chi connectivity index (χ0n) is 7.78. The average molecular weight is 190 g/mol. The van der Waals surface area contributed by atoms with E-state index in [1.165, 1.54) is 0 Å². The van der Waals surface area contributed by atoms with Crippen molar-refractivity contribution in [2.45, 2.75) is 6.92 Å². The first-order chi connectivity index (χ1) is 6.83. The molecule has 0 saturated carbocycles. The first-order valence-corrected chi connectivity index (χ1v) is 4.42. The summed E-state index contributed by atoms with van der Waals surface area (Å²) < 4.78 is 4.91. The lowest BCUT2D eigenvalue weighted by atomic mass is 10.2. The molecular weight excluding hydrogens is 180 g/mol. The van der Waals surface area contributed by atoms with E-state index in [0.717, 1.165) is 5.39 Å². The van der Waals surface area contributed by atoms with Crippen molar-refractivity contribution in [3.63, 3.8) is 0 Å². The van der Waals surface area contributed by atoms with Gasteiger partial charge in [-0.2, -0.15) is 0 Å². The maximum absolute atomic E-state index is 11.4. The largest absolute Gasteiger partial charge is 0.462 e. The number of H-pyrrole nitrogens is 1. The van der Waals surface area contributed by atoms with Gasteiger partial charge >= 0.3 is 5.97 Å². The highest BCUT2D eigenvalue weighted by molar-refractivity contribution is 6.02. The molecule has 0 spiro atoms. The maximum Gasteiger partial charge on any atom is 0.340 e. The molecule has 2 heterocycles. The van der Waals surface area contributed by atoms with E-state index in [0.29, 0.717) is 17.8 Å². The molecule has 0 fully saturated rings. The summed E-state index contributed by atoms with van der Waals surface area (Å²) in [5.41, 5.74) is 1.24. The van der Waals surface area contributed by atoms with Crippen molar-refractivity contribution in [3.05, 3.63) is 30.1 Å². The fraction of sp³-hybridized carbons (Fsp3) is 0.200. The van der Waals surface area contributed by atoms with Gasteiger partial charge in [0.25, 0.3) is 0 Å². The Balaban J connectivity index is 2.47. The minimum absolute atomic E-state index is 0.313. The molecule has 0 atom stereocenters. The van der Waals surface area contributed by atoms with E-state index < -0.39 is 0 Å². The van der Waals surface area contributed by atoms with E-state index in [1.54, 1.807) is 25.4 Å². The highest BCUT2D eigenvalue weighted by Crippen LogP contribution is 2.16. The van der Waals surface area contributed by atoms with Crippen LogP contribution in [0.2, 0.25) is 0 Å². The number of carbonyl (C=O) groups excluding carboxylic acids is 1. The van der Waals surface area contributed by atoms with Crippen molar-refractivity contribution >= 4 is 17.0 Å². The molecular formula is C10H10N2O2. The Morgan fingerprint density at radius 3 is 3.29 bits per heavy atom. The van der Waals surface area contributed by atoms with Crippen LogP contribution in [0.5, 0.6) is 0 Å². The number of fused-ring (bicyclic) bond motifs is 1. The summed E-state index contributed by atoms with van der Waals surface area (Å²) in [6.07, 6.45) is 3.30. The van der Waals surface area contributed by atoms with Gasteiger partial charge in [0.15, 0.2) is 0 Å². The molecule has 2 rings (SSSR count). The van der Waals surface area contributed by atoms with Crippen molar-refractivity contribution < 1.29 is 9.53 Å². The van der Waals surface area contributed by atoms with Gasteiger partial charge < -0.3 is 9.72 Å². The second kappa shape index (κ2) is 3.49. The third-order valence-electron chi connectivity index (χ3n) is 1.95. The van der Waals surface area contributed by atoms with E-state index >= 15 is 0 Å². The number of esters is 1. The number of ether oxygens (including phenoxy) is 1. The van der Waals surface area contributed by atoms with Crippen LogP contribution in [-0.2, 0) is 4.74 Å². The summed E-state index contributed by atoms with van der Waals surface area (Å²) in [5.74, 6) is -0.313. The SMILES string of the molecule is CCOC(=O)c1c[nH]c2ncccc12. The third-order valence-corrected chi connectivity index (χ3v) is 1.95. The molecule has 0 aliphatic carbocycles. The zero-order chi connectivity index (χ0) is 9.97. The van der Waals surface area contributed by atoms with Crippen molar-refractivity contribution in [1.82, 2.24) is 9.97 Å². The van der Waals surface area contributed by atoms with Crippen LogP contribution in [0, 0.1) is 0 Å². The quantitative estimate of drug-likeness (QED) is 0.734. The molecule has 0 saturated heterocycles. The van der Waals surface area contributed by atoms with Crippen LogP contribution in [0.4, 0.5) is 0 Å². The average Bonchev–Trinajstić information content (AvgIpc) is 2.61. The molecule has 72 valence electrons. The minimum atomic E-state index is -0.313. The van der Waals surface area contributed by atoms with Crippen molar-refractivity contribution in [2.24, 2.45) is 0 Å². The van der Waals surface area contributed by atoms with Crippen LogP contribution in [0.1, 0.15) is 17.3 Å². The predicted octanol–water partition coefficient (Wildman–Crippen LogP) is 1.74. The molecule has 4 nitrogen and oxygen atoms in total. The van der Waals surface area contributed by atoms with E-state index in [1.807, 2.05) is 6.07 Å². The Hall–Kier alpha value is -1.84. The fourth-order valence-corrected chi connectivity index (χ4v) is 1.33. The molecule has 0 radical (unpaired) electrons. The predicted molar refractivity (Wildman–Crippen MR) is 52.1 cm³/mol. The number of rotatable bonds is 2. The van der Waals surface area contributed by atoms with Crippen molar-refractivity contribution in [1.29, 1.82) is 0 Å². The monoisotopic (exact) mass is 190 g/mol. The fourth-order valence-electron chi connectivity index (χ4n) is 1.33. The Morgan fingerprint density at radius 2 is 2.50 bits per heavy atom. The summed E-state index contributed by atoms with van der Waals surface area (Å²) in [6, 6.07) is 3.63. The van der Waals surface area contributed by atoms with Gasteiger partial charge in [-0.15, -0.1) is 0 Å². The van der Waals surface area contributed by atoms with Crippen molar-refractivity contribution in [2.75, 3.05) is 6.61 Å². The third kappa shape index (κ3) is 1.35. The maximum atomic E-state index is 11.4. The number of nitrogens with zero attached hydrogens (tertiary/aromatic N) is 1. The summed E-state index contributed by atoms with van der Waals surface area (Å²) in [4.78, 5) is 18.4. The van der Waals surface area contributed by atoms with Crippen LogP contribution < -0.4 is 0 Å². The second-order valence-corrected chi connectivity index (χ2v) is 2.82. The van der Waals surface area contributed by atoms with E-state index in [2.05, 4.69) is 9.97 Å². The molecule has 1 N–H and O–H groups in total. The summed E-state index contributed by atoms with van der Waals surface area (Å²) in [5, 5.41) is 0.797. The van der Waals surface area contributed by atoms with Crippen LogP contribution in [0.15, 0.2) is 24.5 Å². The highest BCUT2D eigenvalue weighted by atomic mass is 16.5. The van der Waals surface area contributed by atoms with Crippen LogP contribution in [0.25, 0.3) is 11.0 Å². The standard InChI is InChI=1S/C10H10N2O2/c1-2-14-10(13)8-6-12-9-7(8)4-3-5-11-9/h3-6H,2H2,1H3,(H,11,12). The smallest absolute Gasteiger partial charge is 0.340 e. The van der Waals surface area contributed by atoms with Crippen LogP contribution >= 0.6 is 0 Å². The Kier molecular flexibility index (Phi) is 2.18. The molecule has 0 aliphatic rings. The Labute approximate surface area is 80.9 Å². The second-order valence-electron chi connectivity index (χ2n) is 2.82. The molecule has 0 aromatic carbocycles.